The van der Waals surface area contributed by atoms with Gasteiger partial charge in [-0.2, -0.15) is 0 Å². The number of amides is 4. The van der Waals surface area contributed by atoms with E-state index in [1.54, 1.807) is 76.4 Å². The van der Waals surface area contributed by atoms with Gasteiger partial charge in [-0.1, -0.05) is 50.6 Å². The van der Waals surface area contributed by atoms with Gasteiger partial charge < -0.3 is 30.7 Å². The first-order valence-electron chi connectivity index (χ1n) is 13.6. The number of hydrogen-bond acceptors (Lipinski definition) is 6. The van der Waals surface area contributed by atoms with Crippen molar-refractivity contribution in [3.63, 3.8) is 0 Å². The third-order valence-corrected chi connectivity index (χ3v) is 6.06. The fourth-order valence-electron chi connectivity index (χ4n) is 4.16. The largest absolute Gasteiger partial charge is 0.497 e. The lowest BCUT2D eigenvalue weighted by molar-refractivity contribution is -0.142. The van der Waals surface area contributed by atoms with Crippen molar-refractivity contribution in [2.75, 3.05) is 19.0 Å². The van der Waals surface area contributed by atoms with E-state index in [1.165, 1.54) is 4.90 Å². The van der Waals surface area contributed by atoms with E-state index in [9.17, 15) is 19.2 Å². The molecule has 2 atom stereocenters. The van der Waals surface area contributed by atoms with E-state index in [-0.39, 0.29) is 6.54 Å². The quantitative estimate of drug-likeness (QED) is 0.281. The average molecular weight is 567 g/mol. The number of rotatable bonds is 14. The van der Waals surface area contributed by atoms with Gasteiger partial charge >= 0.3 is 6.09 Å². The van der Waals surface area contributed by atoms with Gasteiger partial charge in [0.25, 0.3) is 5.91 Å². The van der Waals surface area contributed by atoms with Gasteiger partial charge in [0.1, 0.15) is 23.4 Å². The topological polar surface area (TPSA) is 140 Å². The molecule has 0 radical (unpaired) electrons. The summed E-state index contributed by atoms with van der Waals surface area (Å²) in [6, 6.07) is 11.5. The lowest BCUT2D eigenvalue weighted by Gasteiger charge is -2.34. The Hall–Kier alpha value is -4.34. The number of carbonyl (C=O) groups excluding carboxylic acids is 4. The van der Waals surface area contributed by atoms with Crippen LogP contribution in [0.3, 0.4) is 0 Å². The Morgan fingerprint density at radius 3 is 2.32 bits per heavy atom. The molecule has 2 rings (SSSR count). The average Bonchev–Trinajstić information content (AvgIpc) is 2.91. The minimum Gasteiger partial charge on any atom is -0.497 e. The summed E-state index contributed by atoms with van der Waals surface area (Å²) in [7, 11) is 1.55. The molecule has 0 spiro atoms. The van der Waals surface area contributed by atoms with Crippen LogP contribution < -0.4 is 21.1 Å². The highest BCUT2D eigenvalue weighted by molar-refractivity contribution is 5.99. The summed E-state index contributed by atoms with van der Waals surface area (Å²) in [5.74, 6) is -1.28. The predicted octanol–water partition coefficient (Wildman–Crippen LogP) is 4.81. The SMILES string of the molecule is C=Cc1cccc(C(C(=O)Nc2ccc(OC)cc2)N(CCCCC)C(=O)C(CC(N)=O)NC(=O)OC(C)(C)C)c1. The summed E-state index contributed by atoms with van der Waals surface area (Å²) in [6.45, 7) is 11.1. The molecule has 4 amide bonds. The van der Waals surface area contributed by atoms with Crippen molar-refractivity contribution >= 4 is 35.6 Å². The Bertz CT molecular complexity index is 1210. The standard InChI is InChI=1S/C31H42N4O6/c1-7-9-10-18-35(29(38)25(20-26(32)36)34-30(39)41-31(3,4)5)27(22-13-11-12-21(8-2)19-22)28(37)33-23-14-16-24(40-6)17-15-23/h8,11-17,19,25,27H,2,7,9-10,18,20H2,1,3-6H3,(H2,32,36)(H,33,37)(H,34,39). The number of benzene rings is 2. The van der Waals surface area contributed by atoms with Gasteiger partial charge in [0.05, 0.1) is 13.5 Å². The number of unbranched alkanes of at least 4 members (excludes halogenated alkanes) is 2. The van der Waals surface area contributed by atoms with Gasteiger partial charge in [0.15, 0.2) is 0 Å². The molecule has 222 valence electrons. The Morgan fingerprint density at radius 2 is 1.76 bits per heavy atom. The minimum atomic E-state index is -1.34. The zero-order chi connectivity index (χ0) is 30.6. The second kappa shape index (κ2) is 15.4. The molecule has 4 N–H and O–H groups in total. The van der Waals surface area contributed by atoms with Gasteiger partial charge in [0.2, 0.25) is 11.8 Å². The number of alkyl carbamates (subject to hydrolysis) is 1. The van der Waals surface area contributed by atoms with E-state index in [0.717, 1.165) is 18.4 Å². The monoisotopic (exact) mass is 566 g/mol. The number of nitrogens with two attached hydrogens (primary N) is 1. The molecule has 0 aromatic heterocycles. The van der Waals surface area contributed by atoms with E-state index in [1.807, 2.05) is 13.0 Å². The maximum absolute atomic E-state index is 14.1. The predicted molar refractivity (Wildman–Crippen MR) is 159 cm³/mol. The van der Waals surface area contributed by atoms with Crippen LogP contribution in [0.25, 0.3) is 6.08 Å². The third kappa shape index (κ3) is 10.6. The van der Waals surface area contributed by atoms with Crippen LogP contribution in [0.4, 0.5) is 10.5 Å². The van der Waals surface area contributed by atoms with Crippen LogP contribution in [0, 0.1) is 0 Å². The maximum Gasteiger partial charge on any atom is 0.408 e. The number of primary amides is 1. The molecule has 0 bridgehead atoms. The van der Waals surface area contributed by atoms with Crippen LogP contribution >= 0.6 is 0 Å². The number of anilines is 1. The highest BCUT2D eigenvalue weighted by atomic mass is 16.6. The van der Waals surface area contributed by atoms with Crippen LogP contribution in [0.1, 0.15) is 70.5 Å². The summed E-state index contributed by atoms with van der Waals surface area (Å²) in [5, 5.41) is 5.38. The van der Waals surface area contributed by atoms with Crippen LogP contribution in [0.5, 0.6) is 5.75 Å². The number of nitrogens with one attached hydrogen (secondary N) is 2. The lowest BCUT2D eigenvalue weighted by Crippen LogP contribution is -2.53. The fourth-order valence-corrected chi connectivity index (χ4v) is 4.16. The summed E-state index contributed by atoms with van der Waals surface area (Å²) < 4.78 is 10.5. The normalized spacial score (nSPS) is 12.4. The lowest BCUT2D eigenvalue weighted by atomic mass is 9.99. The Morgan fingerprint density at radius 1 is 1.07 bits per heavy atom. The van der Waals surface area contributed by atoms with E-state index < -0.39 is 47.9 Å². The zero-order valence-corrected chi connectivity index (χ0v) is 24.6. The number of methoxy groups -OCH3 is 1. The molecule has 10 heteroatoms. The van der Waals surface area contributed by atoms with Gasteiger partial charge in [-0.3, -0.25) is 14.4 Å². The molecule has 41 heavy (non-hydrogen) atoms. The molecule has 2 aromatic carbocycles. The first-order valence-corrected chi connectivity index (χ1v) is 13.6. The maximum atomic E-state index is 14.1. The number of hydrogen-bond donors (Lipinski definition) is 3. The van der Waals surface area contributed by atoms with Crippen LogP contribution in [-0.2, 0) is 19.1 Å². The fraction of sp³-hybridized carbons (Fsp3) is 0.419. The summed E-state index contributed by atoms with van der Waals surface area (Å²) in [6.07, 6.45) is 2.55. The molecule has 0 aliphatic carbocycles. The van der Waals surface area contributed by atoms with Crippen LogP contribution in [-0.4, -0.2) is 54.0 Å². The molecular weight excluding hydrogens is 524 g/mol. The van der Waals surface area contributed by atoms with Gasteiger partial charge in [-0.05, 0) is 68.7 Å². The highest BCUT2D eigenvalue weighted by Gasteiger charge is 2.37. The molecule has 0 saturated carbocycles. The molecule has 0 aliphatic heterocycles. The van der Waals surface area contributed by atoms with Crippen molar-refractivity contribution in [1.82, 2.24) is 10.2 Å². The van der Waals surface area contributed by atoms with Gasteiger partial charge in [0, 0.05) is 12.2 Å². The molecule has 2 aromatic rings. The minimum absolute atomic E-state index is 0.191. The summed E-state index contributed by atoms with van der Waals surface area (Å²) in [5.41, 5.74) is 6.42. The first-order chi connectivity index (χ1) is 19.4. The van der Waals surface area contributed by atoms with E-state index in [4.69, 9.17) is 15.2 Å². The molecule has 0 saturated heterocycles. The van der Waals surface area contributed by atoms with Crippen LogP contribution in [0.15, 0.2) is 55.1 Å². The second-order valence-electron chi connectivity index (χ2n) is 10.6. The third-order valence-electron chi connectivity index (χ3n) is 6.06. The van der Waals surface area contributed by atoms with Gasteiger partial charge in [-0.15, -0.1) is 0 Å². The number of carbonyl (C=O) groups is 4. The first kappa shape index (κ1) is 32.9. The summed E-state index contributed by atoms with van der Waals surface area (Å²) in [4.78, 5) is 54.0. The van der Waals surface area contributed by atoms with E-state index >= 15 is 0 Å². The second-order valence-corrected chi connectivity index (χ2v) is 10.6. The van der Waals surface area contributed by atoms with Crippen molar-refractivity contribution < 1.29 is 28.7 Å². The number of ether oxygens (including phenoxy) is 2. The van der Waals surface area contributed by atoms with E-state index in [2.05, 4.69) is 17.2 Å². The zero-order valence-electron chi connectivity index (χ0n) is 24.6. The smallest absolute Gasteiger partial charge is 0.408 e. The van der Waals surface area contributed by atoms with Crippen LogP contribution in [0.2, 0.25) is 0 Å². The molecule has 0 fully saturated rings. The highest BCUT2D eigenvalue weighted by Crippen LogP contribution is 2.27. The Kier molecular flexibility index (Phi) is 12.4. The molecule has 0 heterocycles. The Balaban J connectivity index is 2.57. The Labute approximate surface area is 242 Å². The molecule has 10 nitrogen and oxygen atoms in total. The van der Waals surface area contributed by atoms with Crippen molar-refractivity contribution in [1.29, 1.82) is 0 Å². The van der Waals surface area contributed by atoms with Crippen molar-refractivity contribution in [3.8, 4) is 5.75 Å². The molecule has 0 aliphatic rings. The van der Waals surface area contributed by atoms with Crippen molar-refractivity contribution in [2.45, 2.75) is 71.1 Å². The van der Waals surface area contributed by atoms with E-state index in [0.29, 0.717) is 23.4 Å². The summed E-state index contributed by atoms with van der Waals surface area (Å²) >= 11 is 0. The van der Waals surface area contributed by atoms with Crippen molar-refractivity contribution in [3.05, 3.63) is 66.2 Å². The van der Waals surface area contributed by atoms with Crippen molar-refractivity contribution in [2.24, 2.45) is 5.73 Å². The molecule has 2 unspecified atom stereocenters. The number of nitrogens with zero attached hydrogens (tertiary/aromatic N) is 1. The van der Waals surface area contributed by atoms with Gasteiger partial charge in [-0.25, -0.2) is 4.79 Å². The molecular formula is C31H42N4O6.